The molecule has 0 aromatic heterocycles. The maximum atomic E-state index is 9.87. The van der Waals surface area contributed by atoms with E-state index in [1.54, 1.807) is 0 Å². The van der Waals surface area contributed by atoms with Crippen molar-refractivity contribution in [3.05, 3.63) is 0 Å². The fraction of sp³-hybridized carbons (Fsp3) is 0.875. The minimum atomic E-state index is -0.682. The van der Waals surface area contributed by atoms with Crippen LogP contribution in [0.4, 0.5) is 0 Å². The van der Waals surface area contributed by atoms with Gasteiger partial charge in [-0.1, -0.05) is 19.8 Å². The SMILES string of the molecule is CCCCCC(=O)O.NCCO. The topological polar surface area (TPSA) is 83.5 Å². The molecule has 0 aromatic rings. The monoisotopic (exact) mass is 177 g/mol. The summed E-state index contributed by atoms with van der Waals surface area (Å²) in [5.74, 6) is -0.682. The summed E-state index contributed by atoms with van der Waals surface area (Å²) in [6.07, 6.45) is 3.28. The molecule has 0 aliphatic heterocycles. The van der Waals surface area contributed by atoms with Gasteiger partial charge < -0.3 is 15.9 Å². The minimum Gasteiger partial charge on any atom is -0.481 e. The summed E-state index contributed by atoms with van der Waals surface area (Å²) in [4.78, 5) is 9.87. The Kier molecular flexibility index (Phi) is 15.1. The van der Waals surface area contributed by atoms with Crippen LogP contribution in [0, 0.1) is 0 Å². The molecule has 0 fully saturated rings. The molecule has 0 saturated heterocycles. The van der Waals surface area contributed by atoms with Crippen molar-refractivity contribution in [3.63, 3.8) is 0 Å². The summed E-state index contributed by atoms with van der Waals surface area (Å²) in [7, 11) is 0. The zero-order valence-electron chi connectivity index (χ0n) is 7.62. The number of aliphatic hydroxyl groups is 1. The number of hydrogen-bond acceptors (Lipinski definition) is 3. The molecule has 0 amide bonds. The highest BCUT2D eigenvalue weighted by Gasteiger charge is 1.92. The van der Waals surface area contributed by atoms with E-state index in [0.29, 0.717) is 13.0 Å². The van der Waals surface area contributed by atoms with Gasteiger partial charge in [0.05, 0.1) is 6.61 Å². The minimum absolute atomic E-state index is 0.0972. The van der Waals surface area contributed by atoms with Gasteiger partial charge in [0.15, 0.2) is 0 Å². The molecule has 12 heavy (non-hydrogen) atoms. The maximum Gasteiger partial charge on any atom is 0.303 e. The molecule has 0 radical (unpaired) electrons. The molecule has 0 bridgehead atoms. The first-order chi connectivity index (χ1) is 5.68. The molecule has 0 aliphatic rings. The lowest BCUT2D eigenvalue weighted by Gasteiger charge is -1.89. The summed E-state index contributed by atoms with van der Waals surface area (Å²) >= 11 is 0. The molecule has 0 heterocycles. The molecule has 0 aliphatic carbocycles. The van der Waals surface area contributed by atoms with E-state index in [0.717, 1.165) is 19.3 Å². The van der Waals surface area contributed by atoms with Crippen LogP contribution >= 0.6 is 0 Å². The van der Waals surface area contributed by atoms with Gasteiger partial charge >= 0.3 is 5.97 Å². The van der Waals surface area contributed by atoms with Crippen molar-refractivity contribution >= 4 is 5.97 Å². The van der Waals surface area contributed by atoms with Crippen LogP contribution in [0.3, 0.4) is 0 Å². The Morgan fingerprint density at radius 3 is 2.17 bits per heavy atom. The summed E-state index contributed by atoms with van der Waals surface area (Å²) in [6, 6.07) is 0. The number of carbonyl (C=O) groups is 1. The Morgan fingerprint density at radius 1 is 1.42 bits per heavy atom. The highest BCUT2D eigenvalue weighted by molar-refractivity contribution is 5.66. The molecule has 0 unspecified atom stereocenters. The molecule has 0 spiro atoms. The molecule has 74 valence electrons. The first kappa shape index (κ1) is 13.9. The summed E-state index contributed by atoms with van der Waals surface area (Å²) in [5.41, 5.74) is 4.78. The van der Waals surface area contributed by atoms with E-state index < -0.39 is 5.97 Å². The zero-order chi connectivity index (χ0) is 9.82. The Labute approximate surface area is 73.4 Å². The van der Waals surface area contributed by atoms with Crippen LogP contribution < -0.4 is 5.73 Å². The van der Waals surface area contributed by atoms with Crippen molar-refractivity contribution in [2.45, 2.75) is 32.6 Å². The van der Waals surface area contributed by atoms with Crippen molar-refractivity contribution in [2.75, 3.05) is 13.2 Å². The quantitative estimate of drug-likeness (QED) is 0.537. The molecule has 4 heteroatoms. The number of hydrogen-bond donors (Lipinski definition) is 3. The number of aliphatic hydroxyl groups excluding tert-OH is 1. The van der Waals surface area contributed by atoms with Crippen LogP contribution in [-0.2, 0) is 4.79 Å². The average Bonchev–Trinajstić information content (AvgIpc) is 2.05. The van der Waals surface area contributed by atoms with Crippen LogP contribution in [0.1, 0.15) is 32.6 Å². The van der Waals surface area contributed by atoms with E-state index in [2.05, 4.69) is 6.92 Å². The summed E-state index contributed by atoms with van der Waals surface area (Å²) < 4.78 is 0. The number of nitrogens with two attached hydrogens (primary N) is 1. The number of carboxylic acids is 1. The maximum absolute atomic E-state index is 9.87. The van der Waals surface area contributed by atoms with E-state index in [-0.39, 0.29) is 6.61 Å². The third kappa shape index (κ3) is 22.8. The second kappa shape index (κ2) is 13.0. The Morgan fingerprint density at radius 2 is 1.92 bits per heavy atom. The largest absolute Gasteiger partial charge is 0.481 e. The first-order valence-corrected chi connectivity index (χ1v) is 4.21. The second-order valence-corrected chi connectivity index (χ2v) is 2.36. The predicted octanol–water partition coefficient (Wildman–Crippen LogP) is 0.589. The molecular formula is C8H19NO3. The Balaban J connectivity index is 0. The number of carboxylic acid groups (broad SMARTS) is 1. The lowest BCUT2D eigenvalue weighted by Crippen LogP contribution is -2.02. The van der Waals surface area contributed by atoms with Crippen LogP contribution in [0.2, 0.25) is 0 Å². The third-order valence-electron chi connectivity index (χ3n) is 1.12. The highest BCUT2D eigenvalue weighted by Crippen LogP contribution is 1.97. The molecular weight excluding hydrogens is 158 g/mol. The molecule has 0 aromatic carbocycles. The highest BCUT2D eigenvalue weighted by atomic mass is 16.4. The van der Waals surface area contributed by atoms with E-state index >= 15 is 0 Å². The second-order valence-electron chi connectivity index (χ2n) is 2.36. The van der Waals surface area contributed by atoms with Crippen LogP contribution in [0.5, 0.6) is 0 Å². The zero-order valence-corrected chi connectivity index (χ0v) is 7.62. The van der Waals surface area contributed by atoms with Gasteiger partial charge in [-0.25, -0.2) is 0 Å². The summed E-state index contributed by atoms with van der Waals surface area (Å²) in [5, 5.41) is 15.9. The van der Waals surface area contributed by atoms with Gasteiger partial charge in [0, 0.05) is 13.0 Å². The number of aliphatic carboxylic acids is 1. The standard InChI is InChI=1S/C6H12O2.C2H7NO/c1-2-3-4-5-6(7)8;3-1-2-4/h2-5H2,1H3,(H,7,8);4H,1-3H2. The van der Waals surface area contributed by atoms with Gasteiger partial charge in [0.2, 0.25) is 0 Å². The van der Waals surface area contributed by atoms with Crippen molar-refractivity contribution in [1.29, 1.82) is 0 Å². The molecule has 0 saturated carbocycles. The van der Waals surface area contributed by atoms with Gasteiger partial charge in [-0.05, 0) is 6.42 Å². The van der Waals surface area contributed by atoms with Crippen molar-refractivity contribution < 1.29 is 15.0 Å². The fourth-order valence-corrected chi connectivity index (χ4v) is 0.526. The molecule has 0 rings (SSSR count). The smallest absolute Gasteiger partial charge is 0.303 e. The van der Waals surface area contributed by atoms with Gasteiger partial charge in [0.25, 0.3) is 0 Å². The van der Waals surface area contributed by atoms with Gasteiger partial charge in [-0.3, -0.25) is 4.79 Å². The Bertz CT molecular complexity index is 94.3. The van der Waals surface area contributed by atoms with Crippen LogP contribution in [0.15, 0.2) is 0 Å². The fourth-order valence-electron chi connectivity index (χ4n) is 0.526. The summed E-state index contributed by atoms with van der Waals surface area (Å²) in [6.45, 7) is 2.53. The lowest BCUT2D eigenvalue weighted by atomic mass is 10.2. The van der Waals surface area contributed by atoms with Crippen molar-refractivity contribution in [2.24, 2.45) is 5.73 Å². The van der Waals surface area contributed by atoms with Gasteiger partial charge in [-0.15, -0.1) is 0 Å². The van der Waals surface area contributed by atoms with Crippen molar-refractivity contribution in [1.82, 2.24) is 0 Å². The van der Waals surface area contributed by atoms with Crippen molar-refractivity contribution in [3.8, 4) is 0 Å². The average molecular weight is 177 g/mol. The molecule has 0 atom stereocenters. The molecule has 4 N–H and O–H groups in total. The predicted molar refractivity (Wildman–Crippen MR) is 47.9 cm³/mol. The van der Waals surface area contributed by atoms with E-state index in [9.17, 15) is 4.79 Å². The van der Waals surface area contributed by atoms with Gasteiger partial charge in [0.1, 0.15) is 0 Å². The van der Waals surface area contributed by atoms with Gasteiger partial charge in [-0.2, -0.15) is 0 Å². The third-order valence-corrected chi connectivity index (χ3v) is 1.12. The van der Waals surface area contributed by atoms with E-state index in [1.165, 1.54) is 0 Å². The van der Waals surface area contributed by atoms with E-state index in [1.807, 2.05) is 0 Å². The molecule has 4 nitrogen and oxygen atoms in total. The normalized spacial score (nSPS) is 8.58. The Hall–Kier alpha value is -0.610. The van der Waals surface area contributed by atoms with E-state index in [4.69, 9.17) is 15.9 Å². The number of rotatable bonds is 5. The lowest BCUT2D eigenvalue weighted by molar-refractivity contribution is -0.137. The first-order valence-electron chi connectivity index (χ1n) is 4.21. The van der Waals surface area contributed by atoms with Crippen LogP contribution in [0.25, 0.3) is 0 Å². The van der Waals surface area contributed by atoms with Crippen LogP contribution in [-0.4, -0.2) is 29.3 Å². The number of unbranched alkanes of at least 4 members (excludes halogenated alkanes) is 2.